The zero-order chi connectivity index (χ0) is 22.1. The Kier molecular flexibility index (Phi) is 5.53. The summed E-state index contributed by atoms with van der Waals surface area (Å²) in [6.07, 6.45) is 8.41. The molecule has 1 aliphatic rings. The fraction of sp³-hybridized carbons (Fsp3) is 0.240. The van der Waals surface area contributed by atoms with Crippen LogP contribution in [0, 0.1) is 0 Å². The Labute approximate surface area is 191 Å². The Hall–Kier alpha value is -3.38. The highest BCUT2D eigenvalue weighted by Gasteiger charge is 2.26. The van der Waals surface area contributed by atoms with Gasteiger partial charge >= 0.3 is 0 Å². The van der Waals surface area contributed by atoms with Crippen molar-refractivity contribution in [2.24, 2.45) is 0 Å². The minimum absolute atomic E-state index is 0.365. The maximum Gasteiger partial charge on any atom is 0.227 e. The summed E-state index contributed by atoms with van der Waals surface area (Å²) in [5, 5.41) is 5.30. The van der Waals surface area contributed by atoms with Crippen molar-refractivity contribution >= 4 is 22.8 Å². The van der Waals surface area contributed by atoms with Gasteiger partial charge in [0.05, 0.1) is 31.0 Å². The molecule has 0 unspecified atom stereocenters. The SMILES string of the molecule is COc1ccc(-c2c(Cl)nc3c(C4=CCCCC4)c(-c4ccccn4)nn3c2OC)cc1. The lowest BCUT2D eigenvalue weighted by Crippen LogP contribution is -2.02. The number of rotatable bonds is 5. The van der Waals surface area contributed by atoms with Gasteiger partial charge in [-0.2, -0.15) is 9.61 Å². The van der Waals surface area contributed by atoms with E-state index in [1.54, 1.807) is 24.9 Å². The van der Waals surface area contributed by atoms with Crippen LogP contribution in [0.2, 0.25) is 5.15 Å². The summed E-state index contributed by atoms with van der Waals surface area (Å²) < 4.78 is 12.9. The van der Waals surface area contributed by atoms with E-state index in [1.165, 1.54) is 12.0 Å². The summed E-state index contributed by atoms with van der Waals surface area (Å²) in [4.78, 5) is 9.37. The molecule has 4 aromatic rings. The molecule has 0 bridgehead atoms. The van der Waals surface area contributed by atoms with Gasteiger partial charge in [0.25, 0.3) is 0 Å². The number of nitrogens with zero attached hydrogens (tertiary/aromatic N) is 4. The molecule has 3 heterocycles. The van der Waals surface area contributed by atoms with Gasteiger partial charge in [0, 0.05) is 6.20 Å². The van der Waals surface area contributed by atoms with E-state index < -0.39 is 0 Å². The van der Waals surface area contributed by atoms with Gasteiger partial charge in [-0.1, -0.05) is 35.9 Å². The second-order valence-electron chi connectivity index (χ2n) is 7.66. The van der Waals surface area contributed by atoms with E-state index >= 15 is 0 Å². The fourth-order valence-electron chi connectivity index (χ4n) is 4.23. The smallest absolute Gasteiger partial charge is 0.227 e. The topological polar surface area (TPSA) is 61.5 Å². The Morgan fingerprint density at radius 2 is 1.81 bits per heavy atom. The average Bonchev–Trinajstić information content (AvgIpc) is 3.23. The zero-order valence-corrected chi connectivity index (χ0v) is 18.8. The van der Waals surface area contributed by atoms with E-state index in [1.807, 2.05) is 42.5 Å². The van der Waals surface area contributed by atoms with Gasteiger partial charge in [0.2, 0.25) is 5.88 Å². The van der Waals surface area contributed by atoms with Crippen LogP contribution >= 0.6 is 11.6 Å². The van der Waals surface area contributed by atoms with Crippen LogP contribution in [-0.2, 0) is 0 Å². The van der Waals surface area contributed by atoms with Crippen molar-refractivity contribution in [3.63, 3.8) is 0 Å². The van der Waals surface area contributed by atoms with E-state index in [-0.39, 0.29) is 0 Å². The molecular weight excluding hydrogens is 424 g/mol. The molecule has 6 nitrogen and oxygen atoms in total. The number of benzene rings is 1. The van der Waals surface area contributed by atoms with Crippen LogP contribution in [0.3, 0.4) is 0 Å². The molecular formula is C25H23ClN4O2. The minimum Gasteiger partial charge on any atom is -0.497 e. The Balaban J connectivity index is 1.80. The molecule has 5 rings (SSSR count). The number of halogens is 1. The molecule has 0 saturated heterocycles. The third kappa shape index (κ3) is 3.50. The summed E-state index contributed by atoms with van der Waals surface area (Å²) in [7, 11) is 3.26. The highest BCUT2D eigenvalue weighted by molar-refractivity contribution is 6.32. The lowest BCUT2D eigenvalue weighted by Gasteiger charge is -2.14. The van der Waals surface area contributed by atoms with Crippen LogP contribution in [0.25, 0.3) is 33.7 Å². The molecule has 162 valence electrons. The number of allylic oxidation sites excluding steroid dienone is 2. The molecule has 0 N–H and O–H groups in total. The van der Waals surface area contributed by atoms with Crippen molar-refractivity contribution in [1.29, 1.82) is 0 Å². The van der Waals surface area contributed by atoms with Crippen molar-refractivity contribution in [3.05, 3.63) is 65.5 Å². The number of hydrogen-bond acceptors (Lipinski definition) is 5. The summed E-state index contributed by atoms with van der Waals surface area (Å²) in [6, 6.07) is 13.5. The van der Waals surface area contributed by atoms with Crippen LogP contribution < -0.4 is 9.47 Å². The van der Waals surface area contributed by atoms with Crippen LogP contribution in [0.1, 0.15) is 31.2 Å². The number of methoxy groups -OCH3 is 2. The second-order valence-corrected chi connectivity index (χ2v) is 8.02. The second kappa shape index (κ2) is 8.63. The van der Waals surface area contributed by atoms with E-state index in [9.17, 15) is 0 Å². The predicted molar refractivity (Wildman–Crippen MR) is 126 cm³/mol. The normalized spacial score (nSPS) is 13.8. The van der Waals surface area contributed by atoms with Crippen molar-refractivity contribution in [3.8, 4) is 34.1 Å². The third-order valence-electron chi connectivity index (χ3n) is 5.77. The van der Waals surface area contributed by atoms with Gasteiger partial charge < -0.3 is 9.47 Å². The van der Waals surface area contributed by atoms with E-state index in [0.717, 1.165) is 47.5 Å². The number of aromatic nitrogens is 4. The van der Waals surface area contributed by atoms with Crippen molar-refractivity contribution in [2.45, 2.75) is 25.7 Å². The Bertz CT molecular complexity index is 1300. The monoisotopic (exact) mass is 446 g/mol. The van der Waals surface area contributed by atoms with Gasteiger partial charge in [-0.3, -0.25) is 4.98 Å². The lowest BCUT2D eigenvalue weighted by atomic mass is 9.93. The van der Waals surface area contributed by atoms with Crippen LogP contribution in [0.15, 0.2) is 54.7 Å². The molecule has 0 aliphatic heterocycles. The quantitative estimate of drug-likeness (QED) is 0.347. The first kappa shape index (κ1) is 20.5. The van der Waals surface area contributed by atoms with Gasteiger partial charge in [-0.25, -0.2) is 4.98 Å². The minimum atomic E-state index is 0.365. The molecule has 32 heavy (non-hydrogen) atoms. The van der Waals surface area contributed by atoms with E-state index in [2.05, 4.69) is 11.1 Å². The van der Waals surface area contributed by atoms with Crippen LogP contribution in [0.4, 0.5) is 0 Å². The zero-order valence-electron chi connectivity index (χ0n) is 18.0. The van der Waals surface area contributed by atoms with Gasteiger partial charge in [0.15, 0.2) is 5.65 Å². The first-order chi connectivity index (χ1) is 15.7. The third-order valence-corrected chi connectivity index (χ3v) is 6.04. The first-order valence-corrected chi connectivity index (χ1v) is 11.0. The molecule has 0 amide bonds. The van der Waals surface area contributed by atoms with Crippen LogP contribution in [-0.4, -0.2) is 33.8 Å². The number of pyridine rings is 1. The molecule has 0 fully saturated rings. The molecule has 3 aromatic heterocycles. The highest BCUT2D eigenvalue weighted by atomic mass is 35.5. The van der Waals surface area contributed by atoms with Gasteiger partial charge in [-0.15, -0.1) is 0 Å². The Morgan fingerprint density at radius 3 is 2.47 bits per heavy atom. The molecule has 0 radical (unpaired) electrons. The number of hydrogen-bond donors (Lipinski definition) is 0. The summed E-state index contributed by atoms with van der Waals surface area (Å²) in [5.41, 5.74) is 6.02. The van der Waals surface area contributed by atoms with E-state index in [0.29, 0.717) is 22.2 Å². The summed E-state index contributed by atoms with van der Waals surface area (Å²) in [5.74, 6) is 1.30. The van der Waals surface area contributed by atoms with Crippen LogP contribution in [0.5, 0.6) is 11.6 Å². The van der Waals surface area contributed by atoms with Gasteiger partial charge in [-0.05, 0) is 61.1 Å². The molecule has 0 saturated carbocycles. The molecule has 0 atom stereocenters. The molecule has 0 spiro atoms. The summed E-state index contributed by atoms with van der Waals surface area (Å²) in [6.45, 7) is 0. The predicted octanol–water partition coefficient (Wildman–Crippen LogP) is 6.09. The Morgan fingerprint density at radius 1 is 0.969 bits per heavy atom. The highest BCUT2D eigenvalue weighted by Crippen LogP contribution is 2.41. The van der Waals surface area contributed by atoms with E-state index in [4.69, 9.17) is 31.2 Å². The van der Waals surface area contributed by atoms with Gasteiger partial charge in [0.1, 0.15) is 16.6 Å². The lowest BCUT2D eigenvalue weighted by molar-refractivity contribution is 0.387. The standard InChI is InChI=1S/C25H23ClN4O2/c1-31-18-13-11-17(12-14-18)21-23(26)28-24-20(16-8-4-3-5-9-16)22(19-10-6-7-15-27-19)29-30(24)25(21)32-2/h6-8,10-15H,3-5,9H2,1-2H3. The number of fused-ring (bicyclic) bond motifs is 1. The largest absolute Gasteiger partial charge is 0.497 e. The maximum atomic E-state index is 6.76. The number of ether oxygens (including phenoxy) is 2. The van der Waals surface area contributed by atoms with Crippen molar-refractivity contribution in [1.82, 2.24) is 19.6 Å². The fourth-order valence-corrected chi connectivity index (χ4v) is 4.50. The molecule has 1 aliphatic carbocycles. The average molecular weight is 447 g/mol. The maximum absolute atomic E-state index is 6.76. The molecule has 7 heteroatoms. The molecule has 1 aromatic carbocycles. The van der Waals surface area contributed by atoms with Crippen molar-refractivity contribution < 1.29 is 9.47 Å². The first-order valence-electron chi connectivity index (χ1n) is 10.6. The summed E-state index contributed by atoms with van der Waals surface area (Å²) >= 11 is 6.76. The van der Waals surface area contributed by atoms with Crippen molar-refractivity contribution in [2.75, 3.05) is 14.2 Å².